The molecule has 6 nitrogen and oxygen atoms in total. The van der Waals surface area contributed by atoms with Gasteiger partial charge in [0, 0.05) is 6.20 Å². The monoisotopic (exact) mass is 257 g/mol. The minimum Gasteiger partial charge on any atom is -0.444 e. The van der Waals surface area contributed by atoms with Crippen molar-refractivity contribution >= 4 is 11.6 Å². The molecular formula is C13H15N5O. The predicted molar refractivity (Wildman–Crippen MR) is 71.0 cm³/mol. The molecule has 3 rings (SSSR count). The smallest absolute Gasteiger partial charge is 0.243 e. The Balaban J connectivity index is 1.78. The molecule has 0 saturated carbocycles. The van der Waals surface area contributed by atoms with Crippen LogP contribution in [0, 0.1) is 20.8 Å². The first-order chi connectivity index (χ1) is 9.11. The number of oxazole rings is 1. The third kappa shape index (κ3) is 2.29. The van der Waals surface area contributed by atoms with E-state index in [0.717, 1.165) is 22.7 Å². The fraction of sp³-hybridized carbons (Fsp3) is 0.308. The van der Waals surface area contributed by atoms with E-state index in [1.165, 1.54) is 0 Å². The van der Waals surface area contributed by atoms with Crippen molar-refractivity contribution in [3.63, 3.8) is 0 Å². The molecule has 0 aliphatic rings. The molecule has 1 N–H and O–H groups in total. The topological polar surface area (TPSA) is 68.2 Å². The van der Waals surface area contributed by atoms with Crippen LogP contribution in [-0.2, 0) is 6.54 Å². The van der Waals surface area contributed by atoms with Gasteiger partial charge in [0.15, 0.2) is 5.65 Å². The molecular weight excluding hydrogens is 242 g/mol. The van der Waals surface area contributed by atoms with E-state index in [9.17, 15) is 0 Å². The van der Waals surface area contributed by atoms with Crippen LogP contribution in [0.2, 0.25) is 0 Å². The van der Waals surface area contributed by atoms with Crippen LogP contribution in [0.5, 0.6) is 0 Å². The van der Waals surface area contributed by atoms with E-state index in [0.29, 0.717) is 18.4 Å². The molecule has 3 aromatic heterocycles. The lowest BCUT2D eigenvalue weighted by molar-refractivity contribution is 0.478. The van der Waals surface area contributed by atoms with Gasteiger partial charge in [-0.2, -0.15) is 4.98 Å². The van der Waals surface area contributed by atoms with Crippen molar-refractivity contribution in [1.29, 1.82) is 0 Å². The Hall–Kier alpha value is -2.37. The zero-order valence-corrected chi connectivity index (χ0v) is 11.1. The number of hydrogen-bond acceptors (Lipinski definition) is 5. The van der Waals surface area contributed by atoms with Crippen molar-refractivity contribution in [3.05, 3.63) is 41.2 Å². The fourth-order valence-electron chi connectivity index (χ4n) is 1.83. The number of nitrogens with one attached hydrogen (secondary N) is 1. The van der Waals surface area contributed by atoms with E-state index in [1.807, 2.05) is 39.1 Å². The summed E-state index contributed by atoms with van der Waals surface area (Å²) in [5.74, 6) is 2.06. The van der Waals surface area contributed by atoms with E-state index in [-0.39, 0.29) is 0 Å². The van der Waals surface area contributed by atoms with Gasteiger partial charge in [0.1, 0.15) is 5.76 Å². The Morgan fingerprint density at radius 2 is 2.11 bits per heavy atom. The van der Waals surface area contributed by atoms with Crippen LogP contribution in [0.25, 0.3) is 5.65 Å². The Morgan fingerprint density at radius 3 is 2.84 bits per heavy atom. The first-order valence-electron chi connectivity index (χ1n) is 6.11. The summed E-state index contributed by atoms with van der Waals surface area (Å²) in [5.41, 5.74) is 2.89. The Labute approximate surface area is 110 Å². The molecule has 19 heavy (non-hydrogen) atoms. The van der Waals surface area contributed by atoms with Gasteiger partial charge >= 0.3 is 0 Å². The minimum absolute atomic E-state index is 0.477. The molecule has 0 fully saturated rings. The van der Waals surface area contributed by atoms with Gasteiger partial charge in [-0.25, -0.2) is 9.50 Å². The van der Waals surface area contributed by atoms with Crippen molar-refractivity contribution in [2.45, 2.75) is 27.3 Å². The normalized spacial score (nSPS) is 11.1. The van der Waals surface area contributed by atoms with Crippen molar-refractivity contribution in [1.82, 2.24) is 19.6 Å². The molecule has 0 radical (unpaired) electrons. The first-order valence-corrected chi connectivity index (χ1v) is 6.11. The van der Waals surface area contributed by atoms with Crippen LogP contribution in [0.15, 0.2) is 22.7 Å². The van der Waals surface area contributed by atoms with Gasteiger partial charge in [-0.3, -0.25) is 0 Å². The van der Waals surface area contributed by atoms with Crippen molar-refractivity contribution < 1.29 is 4.42 Å². The summed E-state index contributed by atoms with van der Waals surface area (Å²) in [6, 6.07) is 3.98. The first kappa shape index (κ1) is 11.7. The van der Waals surface area contributed by atoms with Gasteiger partial charge in [0.25, 0.3) is 0 Å². The van der Waals surface area contributed by atoms with E-state index in [2.05, 4.69) is 20.4 Å². The number of aromatic nitrogens is 4. The summed E-state index contributed by atoms with van der Waals surface area (Å²) in [4.78, 5) is 8.69. The van der Waals surface area contributed by atoms with Gasteiger partial charge in [0.2, 0.25) is 11.8 Å². The Bertz CT molecular complexity index is 708. The van der Waals surface area contributed by atoms with Crippen LogP contribution in [0.4, 0.5) is 5.95 Å². The summed E-state index contributed by atoms with van der Waals surface area (Å²) in [5, 5.41) is 7.43. The second kappa shape index (κ2) is 4.38. The molecule has 0 amide bonds. The lowest BCUT2D eigenvalue weighted by Gasteiger charge is -1.95. The highest BCUT2D eigenvalue weighted by atomic mass is 16.4. The third-order valence-corrected chi connectivity index (χ3v) is 2.96. The molecule has 0 unspecified atom stereocenters. The molecule has 6 heteroatoms. The highest BCUT2D eigenvalue weighted by molar-refractivity contribution is 5.45. The number of nitrogens with zero attached hydrogens (tertiary/aromatic N) is 4. The number of aryl methyl sites for hydroxylation is 3. The predicted octanol–water partition coefficient (Wildman–Crippen LogP) is 2.25. The summed E-state index contributed by atoms with van der Waals surface area (Å²) < 4.78 is 7.23. The highest BCUT2D eigenvalue weighted by Gasteiger charge is 2.07. The molecule has 3 heterocycles. The molecule has 0 aliphatic carbocycles. The molecule has 98 valence electrons. The van der Waals surface area contributed by atoms with Gasteiger partial charge in [-0.15, -0.1) is 5.10 Å². The molecule has 3 aromatic rings. The van der Waals surface area contributed by atoms with Crippen LogP contribution in [-0.4, -0.2) is 19.6 Å². The van der Waals surface area contributed by atoms with Crippen molar-refractivity contribution in [3.8, 4) is 0 Å². The SMILES string of the molecule is Cc1ccn2nc(NCc3nc(C)c(C)o3)nc2c1. The summed E-state index contributed by atoms with van der Waals surface area (Å²) in [7, 11) is 0. The number of pyridine rings is 1. The maximum atomic E-state index is 5.49. The van der Waals surface area contributed by atoms with E-state index < -0.39 is 0 Å². The zero-order chi connectivity index (χ0) is 13.4. The van der Waals surface area contributed by atoms with Crippen molar-refractivity contribution in [2.24, 2.45) is 0 Å². The Kier molecular flexibility index (Phi) is 2.70. The lowest BCUT2D eigenvalue weighted by atomic mass is 10.3. The second-order valence-electron chi connectivity index (χ2n) is 4.55. The summed E-state index contributed by atoms with van der Waals surface area (Å²) in [6.07, 6.45) is 1.89. The van der Waals surface area contributed by atoms with Gasteiger partial charge in [-0.05, 0) is 38.5 Å². The summed E-state index contributed by atoms with van der Waals surface area (Å²) >= 11 is 0. The maximum Gasteiger partial charge on any atom is 0.243 e. The van der Waals surface area contributed by atoms with E-state index >= 15 is 0 Å². The van der Waals surface area contributed by atoms with Crippen LogP contribution in [0.3, 0.4) is 0 Å². The standard InChI is InChI=1S/C13H15N5O/c1-8-4-5-18-11(6-8)16-13(17-18)14-7-12-15-9(2)10(3)19-12/h4-6H,7H2,1-3H3,(H,14,17). The molecule has 0 saturated heterocycles. The largest absolute Gasteiger partial charge is 0.444 e. The molecule has 0 aromatic carbocycles. The quantitative estimate of drug-likeness (QED) is 0.779. The molecule has 0 bridgehead atoms. The van der Waals surface area contributed by atoms with E-state index in [4.69, 9.17) is 4.42 Å². The molecule has 0 spiro atoms. The number of rotatable bonds is 3. The lowest BCUT2D eigenvalue weighted by Crippen LogP contribution is -2.01. The second-order valence-corrected chi connectivity index (χ2v) is 4.55. The van der Waals surface area contributed by atoms with E-state index in [1.54, 1.807) is 4.52 Å². The molecule has 0 aliphatic heterocycles. The number of hydrogen-bond donors (Lipinski definition) is 1. The summed E-state index contributed by atoms with van der Waals surface area (Å²) in [6.45, 7) is 6.33. The van der Waals surface area contributed by atoms with Gasteiger partial charge in [-0.1, -0.05) is 0 Å². The van der Waals surface area contributed by atoms with Gasteiger partial charge in [0.05, 0.1) is 12.2 Å². The fourth-order valence-corrected chi connectivity index (χ4v) is 1.83. The average molecular weight is 257 g/mol. The Morgan fingerprint density at radius 1 is 1.26 bits per heavy atom. The number of fused-ring (bicyclic) bond motifs is 1. The van der Waals surface area contributed by atoms with Crippen LogP contribution < -0.4 is 5.32 Å². The zero-order valence-electron chi connectivity index (χ0n) is 11.1. The minimum atomic E-state index is 0.477. The van der Waals surface area contributed by atoms with Gasteiger partial charge < -0.3 is 9.73 Å². The van der Waals surface area contributed by atoms with Crippen molar-refractivity contribution in [2.75, 3.05) is 5.32 Å². The highest BCUT2D eigenvalue weighted by Crippen LogP contribution is 2.11. The van der Waals surface area contributed by atoms with Crippen LogP contribution >= 0.6 is 0 Å². The number of anilines is 1. The average Bonchev–Trinajstić information content (AvgIpc) is 2.90. The third-order valence-electron chi connectivity index (χ3n) is 2.96. The van der Waals surface area contributed by atoms with Crippen LogP contribution in [0.1, 0.15) is 22.9 Å². The maximum absolute atomic E-state index is 5.49. The molecule has 0 atom stereocenters.